The molecule has 1 atom stereocenters. The van der Waals surface area contributed by atoms with Crippen LogP contribution in [0.4, 0.5) is 8.78 Å². The Kier molecular flexibility index (Phi) is 5.16. The topological polar surface area (TPSA) is 0 Å². The van der Waals surface area contributed by atoms with Crippen molar-refractivity contribution in [1.82, 2.24) is 0 Å². The number of hydrogen-bond donors (Lipinski definition) is 0. The van der Waals surface area contributed by atoms with E-state index >= 15 is 0 Å². The van der Waals surface area contributed by atoms with Crippen molar-refractivity contribution in [3.05, 3.63) is 35.4 Å². The average Bonchev–Trinajstić information content (AvgIpc) is 2.84. The first-order chi connectivity index (χ1) is 8.66. The maximum Gasteiger partial charge on any atom is 0.129 e. The van der Waals surface area contributed by atoms with Crippen molar-refractivity contribution in [2.45, 2.75) is 49.8 Å². The number of halogens is 3. The maximum atomic E-state index is 13.5. The van der Waals surface area contributed by atoms with Crippen molar-refractivity contribution in [3.8, 4) is 0 Å². The van der Waals surface area contributed by atoms with Crippen molar-refractivity contribution in [3.63, 3.8) is 0 Å². The first kappa shape index (κ1) is 14.0. The van der Waals surface area contributed by atoms with Gasteiger partial charge in [-0.3, -0.25) is 0 Å². The fraction of sp³-hybridized carbons (Fsp3) is 0.600. The van der Waals surface area contributed by atoms with Gasteiger partial charge in [-0.05, 0) is 37.3 Å². The largest absolute Gasteiger partial charge is 0.207 e. The summed E-state index contributed by atoms with van der Waals surface area (Å²) in [6.45, 7) is 0. The second-order valence-electron chi connectivity index (χ2n) is 5.23. The summed E-state index contributed by atoms with van der Waals surface area (Å²) in [6, 6.07) is 4.07. The van der Waals surface area contributed by atoms with Crippen molar-refractivity contribution < 1.29 is 8.78 Å². The molecule has 0 spiro atoms. The van der Waals surface area contributed by atoms with E-state index in [2.05, 4.69) is 15.9 Å². The van der Waals surface area contributed by atoms with E-state index in [0.29, 0.717) is 6.42 Å². The van der Waals surface area contributed by atoms with Gasteiger partial charge in [-0.2, -0.15) is 0 Å². The van der Waals surface area contributed by atoms with Crippen LogP contribution >= 0.6 is 15.9 Å². The molecule has 0 aliphatic heterocycles. The zero-order valence-electron chi connectivity index (χ0n) is 10.5. The van der Waals surface area contributed by atoms with Crippen LogP contribution in [0, 0.1) is 17.6 Å². The Hall–Kier alpha value is -0.440. The third-order valence-corrected chi connectivity index (χ3v) is 4.63. The molecule has 0 N–H and O–H groups in total. The van der Waals surface area contributed by atoms with Gasteiger partial charge in [0.1, 0.15) is 11.6 Å². The number of benzene rings is 1. The van der Waals surface area contributed by atoms with Gasteiger partial charge in [0.2, 0.25) is 0 Å². The van der Waals surface area contributed by atoms with Crippen LogP contribution < -0.4 is 0 Å². The van der Waals surface area contributed by atoms with Crippen LogP contribution in [0.3, 0.4) is 0 Å². The van der Waals surface area contributed by atoms with Crippen molar-refractivity contribution in [1.29, 1.82) is 0 Å². The molecule has 1 unspecified atom stereocenters. The lowest BCUT2D eigenvalue weighted by atomic mass is 9.98. The van der Waals surface area contributed by atoms with Crippen LogP contribution in [-0.4, -0.2) is 4.83 Å². The first-order valence-corrected chi connectivity index (χ1v) is 7.65. The van der Waals surface area contributed by atoms with Crippen LogP contribution in [0.25, 0.3) is 0 Å². The molecule has 3 heteroatoms. The summed E-state index contributed by atoms with van der Waals surface area (Å²) in [5, 5.41) is 0. The monoisotopic (exact) mass is 316 g/mol. The minimum absolute atomic E-state index is 0.171. The summed E-state index contributed by atoms with van der Waals surface area (Å²) in [5.74, 6) is -0.0313. The van der Waals surface area contributed by atoms with Crippen LogP contribution in [0.1, 0.15) is 44.1 Å². The molecule has 0 aromatic heterocycles. The molecule has 0 heterocycles. The van der Waals surface area contributed by atoms with Crippen molar-refractivity contribution >= 4 is 15.9 Å². The quantitative estimate of drug-likeness (QED) is 0.651. The van der Waals surface area contributed by atoms with Crippen LogP contribution in [-0.2, 0) is 6.42 Å². The lowest BCUT2D eigenvalue weighted by molar-refractivity contribution is 0.474. The van der Waals surface area contributed by atoms with Gasteiger partial charge in [-0.1, -0.05) is 47.7 Å². The molecule has 100 valence electrons. The van der Waals surface area contributed by atoms with Crippen LogP contribution in [0.2, 0.25) is 0 Å². The molecule has 0 amide bonds. The highest BCUT2D eigenvalue weighted by Gasteiger charge is 2.18. The predicted octanol–water partition coefficient (Wildman–Crippen LogP) is 5.24. The maximum absolute atomic E-state index is 13.5. The molecule has 0 radical (unpaired) electrons. The lowest BCUT2D eigenvalue weighted by Crippen LogP contribution is -2.08. The smallest absolute Gasteiger partial charge is 0.129 e. The van der Waals surface area contributed by atoms with E-state index in [1.165, 1.54) is 50.3 Å². The Morgan fingerprint density at radius 1 is 1.17 bits per heavy atom. The SMILES string of the molecule is Fc1cccc(F)c1CC(Br)CCC1CCCC1. The molecular weight excluding hydrogens is 298 g/mol. The molecule has 2 rings (SSSR count). The predicted molar refractivity (Wildman–Crippen MR) is 74.0 cm³/mol. The highest BCUT2D eigenvalue weighted by molar-refractivity contribution is 9.09. The second kappa shape index (κ2) is 6.65. The summed E-state index contributed by atoms with van der Waals surface area (Å²) in [4.78, 5) is 0.171. The van der Waals surface area contributed by atoms with Crippen molar-refractivity contribution in [2.24, 2.45) is 5.92 Å². The third-order valence-electron chi connectivity index (χ3n) is 3.85. The molecule has 18 heavy (non-hydrogen) atoms. The summed E-state index contributed by atoms with van der Waals surface area (Å²) >= 11 is 3.56. The Labute approximate surface area is 116 Å². The molecule has 1 saturated carbocycles. The van der Waals surface area contributed by atoms with Crippen LogP contribution in [0.5, 0.6) is 0 Å². The Morgan fingerprint density at radius 2 is 1.78 bits per heavy atom. The summed E-state index contributed by atoms with van der Waals surface area (Å²) in [6.07, 6.45) is 7.95. The molecular formula is C15H19BrF2. The molecule has 1 aromatic rings. The van der Waals surface area contributed by atoms with Gasteiger partial charge >= 0.3 is 0 Å². The van der Waals surface area contributed by atoms with E-state index < -0.39 is 11.6 Å². The number of hydrogen-bond acceptors (Lipinski definition) is 0. The normalized spacial score (nSPS) is 18.2. The zero-order chi connectivity index (χ0) is 13.0. The summed E-state index contributed by atoms with van der Waals surface area (Å²) < 4.78 is 27.0. The van der Waals surface area contributed by atoms with E-state index in [1.807, 2.05) is 0 Å². The van der Waals surface area contributed by atoms with E-state index in [-0.39, 0.29) is 10.4 Å². The van der Waals surface area contributed by atoms with Gasteiger partial charge in [-0.25, -0.2) is 8.78 Å². The van der Waals surface area contributed by atoms with Gasteiger partial charge in [0.15, 0.2) is 0 Å². The molecule has 0 saturated heterocycles. The lowest BCUT2D eigenvalue weighted by Gasteiger charge is -2.14. The van der Waals surface area contributed by atoms with Gasteiger partial charge in [0, 0.05) is 10.4 Å². The number of rotatable bonds is 5. The average molecular weight is 317 g/mol. The van der Waals surface area contributed by atoms with E-state index in [4.69, 9.17) is 0 Å². The Bertz CT molecular complexity index is 366. The molecule has 1 aliphatic carbocycles. The van der Waals surface area contributed by atoms with E-state index in [9.17, 15) is 8.78 Å². The first-order valence-electron chi connectivity index (χ1n) is 6.73. The molecule has 1 fully saturated rings. The second-order valence-corrected chi connectivity index (χ2v) is 6.52. The zero-order valence-corrected chi connectivity index (χ0v) is 12.1. The summed E-state index contributed by atoms with van der Waals surface area (Å²) in [5.41, 5.74) is 0.214. The minimum Gasteiger partial charge on any atom is -0.207 e. The fourth-order valence-corrected chi connectivity index (χ4v) is 3.35. The van der Waals surface area contributed by atoms with E-state index in [0.717, 1.165) is 12.3 Å². The highest BCUT2D eigenvalue weighted by atomic mass is 79.9. The number of alkyl halides is 1. The fourth-order valence-electron chi connectivity index (χ4n) is 2.77. The molecule has 0 nitrogen and oxygen atoms in total. The molecule has 1 aliphatic rings. The summed E-state index contributed by atoms with van der Waals surface area (Å²) in [7, 11) is 0. The molecule has 0 bridgehead atoms. The molecule has 1 aromatic carbocycles. The van der Waals surface area contributed by atoms with Crippen molar-refractivity contribution in [2.75, 3.05) is 0 Å². The third kappa shape index (κ3) is 3.78. The van der Waals surface area contributed by atoms with Gasteiger partial charge in [0.25, 0.3) is 0 Å². The Morgan fingerprint density at radius 3 is 2.39 bits per heavy atom. The minimum atomic E-state index is -0.430. The Balaban J connectivity index is 1.84. The highest BCUT2D eigenvalue weighted by Crippen LogP contribution is 2.30. The van der Waals surface area contributed by atoms with Crippen LogP contribution in [0.15, 0.2) is 18.2 Å². The van der Waals surface area contributed by atoms with E-state index in [1.54, 1.807) is 0 Å². The van der Waals surface area contributed by atoms with Gasteiger partial charge in [0.05, 0.1) is 0 Å². The van der Waals surface area contributed by atoms with Gasteiger partial charge < -0.3 is 0 Å². The standard InChI is InChI=1S/C15H19BrF2/c16-12(9-8-11-4-1-2-5-11)10-13-14(17)6-3-7-15(13)18/h3,6-7,11-12H,1-2,4-5,8-10H2. The van der Waals surface area contributed by atoms with Gasteiger partial charge in [-0.15, -0.1) is 0 Å².